The van der Waals surface area contributed by atoms with Crippen molar-refractivity contribution in [1.29, 1.82) is 0 Å². The number of carbonyl (C=O) groups is 1. The third kappa shape index (κ3) is 5.31. The van der Waals surface area contributed by atoms with Crippen LogP contribution in [0.3, 0.4) is 0 Å². The Morgan fingerprint density at radius 1 is 1.12 bits per heavy atom. The Hall–Kier alpha value is -2.47. The molecule has 2 atom stereocenters. The summed E-state index contributed by atoms with van der Waals surface area (Å²) >= 11 is 0. The monoisotopic (exact) mass is 335 g/mol. The van der Waals surface area contributed by atoms with Gasteiger partial charge in [0.2, 0.25) is 0 Å². The van der Waals surface area contributed by atoms with E-state index >= 15 is 0 Å². The van der Waals surface area contributed by atoms with E-state index in [0.717, 1.165) is 16.2 Å². The lowest BCUT2D eigenvalue weighted by Crippen LogP contribution is -3.12. The molecule has 2 rings (SSSR count). The second-order valence-corrected chi connectivity index (χ2v) is 5.62. The highest BCUT2D eigenvalue weighted by Gasteiger charge is 2.22. The van der Waals surface area contributed by atoms with Crippen molar-refractivity contribution < 1.29 is 23.2 Å². The van der Waals surface area contributed by atoms with E-state index in [1.807, 2.05) is 44.3 Å². The maximum absolute atomic E-state index is 12.3. The highest BCUT2D eigenvalue weighted by atomic mass is 19.3. The number of hydrogen-bond donors (Lipinski definition) is 2. The fourth-order valence-electron chi connectivity index (χ4n) is 2.26. The molecular formula is C18H21F2N2O2+. The van der Waals surface area contributed by atoms with Gasteiger partial charge < -0.3 is 15.0 Å². The molecule has 1 unspecified atom stereocenters. The fraction of sp³-hybridized carbons (Fsp3) is 0.278. The average Bonchev–Trinajstić information content (AvgIpc) is 2.56. The van der Waals surface area contributed by atoms with Gasteiger partial charge in [-0.15, -0.1) is 0 Å². The van der Waals surface area contributed by atoms with Gasteiger partial charge in [0.25, 0.3) is 5.91 Å². The summed E-state index contributed by atoms with van der Waals surface area (Å²) in [6.07, 6.45) is 0. The number of halogens is 2. The number of likely N-dealkylation sites (N-methyl/N-ethyl adjacent to an activating group) is 1. The topological polar surface area (TPSA) is 42.8 Å². The van der Waals surface area contributed by atoms with E-state index < -0.39 is 6.61 Å². The van der Waals surface area contributed by atoms with E-state index in [0.29, 0.717) is 6.54 Å². The van der Waals surface area contributed by atoms with Crippen LogP contribution >= 0.6 is 0 Å². The zero-order chi connectivity index (χ0) is 17.5. The maximum atomic E-state index is 12.3. The van der Waals surface area contributed by atoms with Crippen molar-refractivity contribution in [1.82, 2.24) is 0 Å². The number of benzene rings is 2. The fourth-order valence-corrected chi connectivity index (χ4v) is 2.26. The van der Waals surface area contributed by atoms with Crippen molar-refractivity contribution in [3.8, 4) is 5.75 Å². The lowest BCUT2D eigenvalue weighted by Gasteiger charge is -2.21. The first-order valence-electron chi connectivity index (χ1n) is 7.67. The number of alkyl halides is 2. The molecule has 0 fully saturated rings. The number of amides is 1. The molecule has 0 radical (unpaired) electrons. The molecule has 0 aliphatic rings. The van der Waals surface area contributed by atoms with E-state index in [9.17, 15) is 13.6 Å². The van der Waals surface area contributed by atoms with Gasteiger partial charge in [0, 0.05) is 11.3 Å². The predicted molar refractivity (Wildman–Crippen MR) is 88.2 cm³/mol. The van der Waals surface area contributed by atoms with Crippen LogP contribution < -0.4 is 15.0 Å². The smallest absolute Gasteiger partial charge is 0.387 e. The third-order valence-electron chi connectivity index (χ3n) is 3.81. The van der Waals surface area contributed by atoms with Crippen molar-refractivity contribution >= 4 is 11.6 Å². The van der Waals surface area contributed by atoms with Gasteiger partial charge >= 0.3 is 6.61 Å². The van der Waals surface area contributed by atoms with Crippen LogP contribution in [-0.2, 0) is 11.3 Å². The van der Waals surface area contributed by atoms with Gasteiger partial charge in [-0.1, -0.05) is 18.2 Å². The van der Waals surface area contributed by atoms with Crippen LogP contribution in [0.2, 0.25) is 0 Å². The Morgan fingerprint density at radius 2 is 1.75 bits per heavy atom. The number of para-hydroxylation sites is 1. The van der Waals surface area contributed by atoms with Crippen LogP contribution in [0.4, 0.5) is 14.5 Å². The highest BCUT2D eigenvalue weighted by Crippen LogP contribution is 2.14. The normalized spacial score (nSPS) is 13.4. The molecule has 0 saturated carbocycles. The molecule has 24 heavy (non-hydrogen) atoms. The van der Waals surface area contributed by atoms with Crippen molar-refractivity contribution in [3.05, 3.63) is 60.2 Å². The largest absolute Gasteiger partial charge is 0.435 e. The van der Waals surface area contributed by atoms with Gasteiger partial charge in [-0.25, -0.2) is 0 Å². The maximum Gasteiger partial charge on any atom is 0.387 e. The lowest BCUT2D eigenvalue weighted by molar-refractivity contribution is -0.907. The van der Waals surface area contributed by atoms with E-state index in [1.165, 1.54) is 12.1 Å². The molecule has 4 nitrogen and oxygen atoms in total. The predicted octanol–water partition coefficient (Wildman–Crippen LogP) is 2.33. The number of hydrogen-bond acceptors (Lipinski definition) is 2. The summed E-state index contributed by atoms with van der Waals surface area (Å²) in [5, 5.41) is 2.88. The number of quaternary nitrogens is 1. The van der Waals surface area contributed by atoms with E-state index in [4.69, 9.17) is 0 Å². The quantitative estimate of drug-likeness (QED) is 0.816. The molecule has 0 aliphatic heterocycles. The number of rotatable bonds is 7. The Kier molecular flexibility index (Phi) is 6.26. The Balaban J connectivity index is 1.90. The van der Waals surface area contributed by atoms with Crippen molar-refractivity contribution in [2.75, 3.05) is 12.4 Å². The molecule has 0 saturated heterocycles. The Morgan fingerprint density at radius 3 is 2.33 bits per heavy atom. The van der Waals surface area contributed by atoms with Gasteiger partial charge in [0.05, 0.1) is 7.05 Å². The molecule has 0 bridgehead atoms. The second-order valence-electron chi connectivity index (χ2n) is 5.62. The summed E-state index contributed by atoms with van der Waals surface area (Å²) < 4.78 is 28.6. The van der Waals surface area contributed by atoms with E-state index in [1.54, 1.807) is 12.1 Å². The van der Waals surface area contributed by atoms with Crippen LogP contribution in [0.1, 0.15) is 12.5 Å². The minimum absolute atomic E-state index is 0.0728. The number of anilines is 1. The summed E-state index contributed by atoms with van der Waals surface area (Å²) in [4.78, 5) is 13.3. The summed E-state index contributed by atoms with van der Waals surface area (Å²) in [5.74, 6) is 0.0534. The van der Waals surface area contributed by atoms with Crippen molar-refractivity contribution in [2.45, 2.75) is 26.1 Å². The molecule has 1 amide bonds. The SMILES string of the molecule is C[C@H](C(=O)Nc1ccccc1)[NH+](C)Cc1ccc(OC(F)F)cc1. The number of nitrogens with one attached hydrogen (secondary N) is 2. The molecule has 0 spiro atoms. The minimum Gasteiger partial charge on any atom is -0.435 e. The van der Waals surface area contributed by atoms with E-state index in [-0.39, 0.29) is 17.7 Å². The second kappa shape index (κ2) is 8.40. The molecule has 6 heteroatoms. The lowest BCUT2D eigenvalue weighted by atomic mass is 10.1. The Labute approximate surface area is 140 Å². The average molecular weight is 335 g/mol. The molecule has 0 heterocycles. The van der Waals surface area contributed by atoms with Crippen LogP contribution in [0, 0.1) is 0 Å². The van der Waals surface area contributed by atoms with Gasteiger partial charge in [0.15, 0.2) is 6.04 Å². The third-order valence-corrected chi connectivity index (χ3v) is 3.81. The molecular weight excluding hydrogens is 314 g/mol. The summed E-state index contributed by atoms with van der Waals surface area (Å²) in [6.45, 7) is -0.383. The van der Waals surface area contributed by atoms with Crippen LogP contribution in [0.15, 0.2) is 54.6 Å². The first kappa shape index (κ1) is 17.9. The van der Waals surface area contributed by atoms with E-state index in [2.05, 4.69) is 10.1 Å². The van der Waals surface area contributed by atoms with Gasteiger partial charge in [-0.3, -0.25) is 4.79 Å². The zero-order valence-electron chi connectivity index (χ0n) is 13.6. The number of carbonyl (C=O) groups excluding carboxylic acids is 1. The molecule has 0 aromatic heterocycles. The van der Waals surface area contributed by atoms with Gasteiger partial charge in [0.1, 0.15) is 12.3 Å². The van der Waals surface area contributed by atoms with Crippen LogP contribution in [-0.4, -0.2) is 25.6 Å². The molecule has 0 aliphatic carbocycles. The first-order valence-corrected chi connectivity index (χ1v) is 7.67. The van der Waals surface area contributed by atoms with Gasteiger partial charge in [-0.05, 0) is 43.3 Å². The summed E-state index contributed by atoms with van der Waals surface area (Å²) in [6, 6.07) is 15.5. The summed E-state index contributed by atoms with van der Waals surface area (Å²) in [7, 11) is 1.92. The van der Waals surface area contributed by atoms with Crippen molar-refractivity contribution in [3.63, 3.8) is 0 Å². The standard InChI is InChI=1S/C18H20F2N2O2/c1-13(17(23)21-15-6-4-3-5-7-15)22(2)12-14-8-10-16(11-9-14)24-18(19)20/h3-11,13,18H,12H2,1-2H3,(H,21,23)/p+1/t13-/m1/s1. The molecule has 2 aromatic carbocycles. The molecule has 128 valence electrons. The highest BCUT2D eigenvalue weighted by molar-refractivity contribution is 5.93. The molecule has 2 N–H and O–H groups in total. The molecule has 2 aromatic rings. The van der Waals surface area contributed by atoms with Crippen molar-refractivity contribution in [2.24, 2.45) is 0 Å². The minimum atomic E-state index is -2.83. The van der Waals surface area contributed by atoms with Crippen LogP contribution in [0.5, 0.6) is 5.75 Å². The number of ether oxygens (including phenoxy) is 1. The van der Waals surface area contributed by atoms with Gasteiger partial charge in [-0.2, -0.15) is 8.78 Å². The Bertz CT molecular complexity index is 648. The zero-order valence-corrected chi connectivity index (χ0v) is 13.6. The van der Waals surface area contributed by atoms with Crippen LogP contribution in [0.25, 0.3) is 0 Å². The first-order chi connectivity index (χ1) is 11.5. The summed E-state index contributed by atoms with van der Waals surface area (Å²) in [5.41, 5.74) is 1.70.